The number of fused-ring (bicyclic) bond motifs is 1. The minimum absolute atomic E-state index is 0.177. The molecule has 6 nitrogen and oxygen atoms in total. The first-order valence-corrected chi connectivity index (χ1v) is 25.5. The van der Waals surface area contributed by atoms with E-state index < -0.39 is 26.7 Å². The molecule has 9 heteroatoms. The number of aromatic nitrogens is 1. The highest BCUT2D eigenvalue weighted by Gasteiger charge is 2.37. The zero-order valence-corrected chi connectivity index (χ0v) is 35.5. The van der Waals surface area contributed by atoms with Crippen molar-refractivity contribution in [1.82, 2.24) is 8.87 Å². The van der Waals surface area contributed by atoms with Gasteiger partial charge in [0, 0.05) is 56.3 Å². The molecule has 0 unspecified atom stereocenters. The molecular weight excluding hydrogens is 673 g/mol. The molecule has 0 fully saturated rings. The second kappa shape index (κ2) is 17.6. The summed E-state index contributed by atoms with van der Waals surface area (Å²) in [5.74, 6) is 6.51. The topological polar surface area (TPSA) is 60.8 Å². The lowest BCUT2D eigenvalue weighted by Crippen LogP contribution is -2.40. The standard InChI is InChI=1S/C41H62N2O4SSi2/c1-35-24-26-37(27-25-35)48(44,45)43(30-19-13-15-21-33-47-50(10,11)41(5,6)7)31-28-36-34-42(39-23-17-16-22-38(36)39)29-18-12-14-20-32-46-49(8,9)40(2,3)4/h16-17,22-27,34H,12-15,20-21,28,31-33H2,1-11H3. The third-order valence-corrected chi connectivity index (χ3v) is 21.1. The van der Waals surface area contributed by atoms with Crippen molar-refractivity contribution >= 4 is 37.6 Å². The van der Waals surface area contributed by atoms with Gasteiger partial charge in [-0.1, -0.05) is 89.3 Å². The molecule has 1 aromatic heterocycles. The molecule has 0 atom stereocenters. The van der Waals surface area contributed by atoms with Crippen molar-refractivity contribution in [2.24, 2.45) is 0 Å². The van der Waals surface area contributed by atoms with Gasteiger partial charge in [0.1, 0.15) is 0 Å². The first-order chi connectivity index (χ1) is 23.3. The molecule has 0 saturated heterocycles. The van der Waals surface area contributed by atoms with E-state index in [1.807, 2.05) is 42.0 Å². The van der Waals surface area contributed by atoms with Crippen LogP contribution in [0.15, 0.2) is 59.6 Å². The molecule has 0 aliphatic rings. The summed E-state index contributed by atoms with van der Waals surface area (Å²) in [5, 5.41) is 1.47. The van der Waals surface area contributed by atoms with Crippen LogP contribution in [-0.2, 0) is 25.3 Å². The molecule has 0 radical (unpaired) electrons. The summed E-state index contributed by atoms with van der Waals surface area (Å²) in [5.41, 5.74) is 3.08. The van der Waals surface area contributed by atoms with Crippen LogP contribution in [0.2, 0.25) is 36.3 Å². The van der Waals surface area contributed by atoms with Crippen LogP contribution < -0.4 is 0 Å². The van der Waals surface area contributed by atoms with Crippen LogP contribution in [0.4, 0.5) is 0 Å². The van der Waals surface area contributed by atoms with E-state index >= 15 is 0 Å². The van der Waals surface area contributed by atoms with Gasteiger partial charge >= 0.3 is 0 Å². The zero-order valence-electron chi connectivity index (χ0n) is 32.7. The maximum Gasteiger partial charge on any atom is 0.270 e. The zero-order chi connectivity index (χ0) is 37.2. The normalized spacial score (nSPS) is 12.7. The summed E-state index contributed by atoms with van der Waals surface area (Å²) in [7, 11) is -7.32. The largest absolute Gasteiger partial charge is 0.417 e. The van der Waals surface area contributed by atoms with Crippen LogP contribution in [0.5, 0.6) is 0 Å². The van der Waals surface area contributed by atoms with Crippen LogP contribution in [0.25, 0.3) is 10.9 Å². The maximum absolute atomic E-state index is 13.8. The molecular formula is C41H62N2O4SSi2. The monoisotopic (exact) mass is 734 g/mol. The van der Waals surface area contributed by atoms with Crippen molar-refractivity contribution in [3.63, 3.8) is 0 Å². The molecule has 0 aliphatic heterocycles. The molecule has 2 aromatic carbocycles. The van der Waals surface area contributed by atoms with Gasteiger partial charge in [0.15, 0.2) is 16.6 Å². The van der Waals surface area contributed by atoms with Gasteiger partial charge < -0.3 is 8.85 Å². The summed E-state index contributed by atoms with van der Waals surface area (Å²) in [6.45, 7) is 26.3. The average Bonchev–Trinajstić information content (AvgIpc) is 3.37. The number of para-hydroxylation sites is 1. The number of aryl methyl sites for hydroxylation is 1. The Labute approximate surface area is 306 Å². The lowest BCUT2D eigenvalue weighted by Gasteiger charge is -2.36. The predicted molar refractivity (Wildman–Crippen MR) is 216 cm³/mol. The molecule has 3 aromatic rings. The van der Waals surface area contributed by atoms with E-state index in [9.17, 15) is 8.42 Å². The third-order valence-electron chi connectivity index (χ3n) is 10.3. The van der Waals surface area contributed by atoms with Crippen LogP contribution >= 0.6 is 0 Å². The Balaban J connectivity index is 1.70. The Morgan fingerprint density at radius 2 is 1.30 bits per heavy atom. The molecule has 0 bridgehead atoms. The van der Waals surface area contributed by atoms with E-state index in [0.717, 1.165) is 60.7 Å². The van der Waals surface area contributed by atoms with Crippen LogP contribution in [0.3, 0.4) is 0 Å². The number of unbranched alkanes of at least 4 members (excludes halogenated alkanes) is 4. The SMILES string of the molecule is Cc1ccc(S(=O)(=O)N(C#CCCCCO[Si](C)(C)C(C)(C)C)CCc2cn(C#CCCCCO[Si](C)(C)C(C)(C)C)c3ccccc23)cc1. The van der Waals surface area contributed by atoms with Crippen molar-refractivity contribution in [3.8, 4) is 23.9 Å². The number of hydrogen-bond acceptors (Lipinski definition) is 4. The lowest BCUT2D eigenvalue weighted by atomic mass is 10.1. The quantitative estimate of drug-likeness (QED) is 0.0675. The highest BCUT2D eigenvalue weighted by molar-refractivity contribution is 7.89. The Hall–Kier alpha value is -2.80. The molecule has 3 rings (SSSR count). The molecule has 274 valence electrons. The fourth-order valence-electron chi connectivity index (χ4n) is 4.84. The Bertz CT molecular complexity index is 1780. The summed E-state index contributed by atoms with van der Waals surface area (Å²) in [4.78, 5) is 0.253. The van der Waals surface area contributed by atoms with E-state index in [1.165, 1.54) is 4.31 Å². The lowest BCUT2D eigenvalue weighted by molar-refractivity contribution is 0.279. The summed E-state index contributed by atoms with van der Waals surface area (Å²) >= 11 is 0. The van der Waals surface area contributed by atoms with Crippen LogP contribution in [-0.4, -0.2) is 53.7 Å². The number of sulfonamides is 1. The van der Waals surface area contributed by atoms with Gasteiger partial charge in [-0.05, 0) is 99.1 Å². The Morgan fingerprint density at radius 1 is 0.760 bits per heavy atom. The summed E-state index contributed by atoms with van der Waals surface area (Å²) in [6.07, 6.45) is 7.71. The molecule has 1 heterocycles. The van der Waals surface area contributed by atoms with Crippen molar-refractivity contribution in [1.29, 1.82) is 0 Å². The highest BCUT2D eigenvalue weighted by atomic mass is 32.2. The number of benzene rings is 2. The smallest absolute Gasteiger partial charge is 0.270 e. The first kappa shape index (κ1) is 41.6. The summed E-state index contributed by atoms with van der Waals surface area (Å²) in [6, 6.07) is 21.5. The average molecular weight is 735 g/mol. The molecule has 0 spiro atoms. The van der Waals surface area contributed by atoms with E-state index in [-0.39, 0.29) is 21.5 Å². The minimum Gasteiger partial charge on any atom is -0.417 e. The van der Waals surface area contributed by atoms with E-state index in [0.29, 0.717) is 19.4 Å². The van der Waals surface area contributed by atoms with Gasteiger partial charge in [-0.15, -0.1) is 0 Å². The van der Waals surface area contributed by atoms with Crippen molar-refractivity contribution in [3.05, 3.63) is 65.9 Å². The molecule has 0 aliphatic carbocycles. The van der Waals surface area contributed by atoms with Gasteiger partial charge in [-0.3, -0.25) is 4.57 Å². The fraction of sp³-hybridized carbons (Fsp3) is 0.561. The van der Waals surface area contributed by atoms with E-state index in [1.54, 1.807) is 12.1 Å². The molecule has 0 saturated carbocycles. The number of rotatable bonds is 15. The highest BCUT2D eigenvalue weighted by Crippen LogP contribution is 2.37. The predicted octanol–water partition coefficient (Wildman–Crippen LogP) is 10.3. The van der Waals surface area contributed by atoms with Crippen LogP contribution in [0.1, 0.15) is 91.2 Å². The van der Waals surface area contributed by atoms with Gasteiger partial charge in [-0.25, -0.2) is 12.7 Å². The molecule has 0 amide bonds. The Kier molecular flexibility index (Phi) is 14.7. The molecule has 0 N–H and O–H groups in total. The number of nitrogens with zero attached hydrogens (tertiary/aromatic N) is 2. The van der Waals surface area contributed by atoms with Crippen LogP contribution in [0, 0.1) is 30.9 Å². The second-order valence-electron chi connectivity index (χ2n) is 16.4. The van der Waals surface area contributed by atoms with Crippen molar-refractivity contribution in [2.45, 2.75) is 135 Å². The maximum atomic E-state index is 13.8. The van der Waals surface area contributed by atoms with Crippen molar-refractivity contribution < 1.29 is 17.3 Å². The second-order valence-corrected chi connectivity index (χ2v) is 27.9. The fourth-order valence-corrected chi connectivity index (χ4v) is 8.27. The number of hydrogen-bond donors (Lipinski definition) is 0. The van der Waals surface area contributed by atoms with Crippen molar-refractivity contribution in [2.75, 3.05) is 19.8 Å². The van der Waals surface area contributed by atoms with E-state index in [4.69, 9.17) is 8.85 Å². The van der Waals surface area contributed by atoms with E-state index in [2.05, 4.69) is 104 Å². The molecule has 50 heavy (non-hydrogen) atoms. The van der Waals surface area contributed by atoms with Gasteiger partial charge in [0.05, 0.1) is 10.4 Å². The minimum atomic E-state index is -3.81. The van der Waals surface area contributed by atoms with Gasteiger partial charge in [-0.2, -0.15) is 0 Å². The summed E-state index contributed by atoms with van der Waals surface area (Å²) < 4.78 is 43.6. The van der Waals surface area contributed by atoms with Gasteiger partial charge in [0.2, 0.25) is 0 Å². The first-order valence-electron chi connectivity index (χ1n) is 18.2. The third kappa shape index (κ3) is 11.6. The van der Waals surface area contributed by atoms with Gasteiger partial charge in [0.25, 0.3) is 10.0 Å². The Morgan fingerprint density at radius 3 is 1.86 bits per heavy atom.